The zero-order valence-corrected chi connectivity index (χ0v) is 24.0. The molecule has 1 aromatic heterocycles. The first-order chi connectivity index (χ1) is 21.1. The molecule has 0 spiro atoms. The molecule has 2 aromatic carbocycles. The fourth-order valence-corrected chi connectivity index (χ4v) is 4.82. The van der Waals surface area contributed by atoms with Gasteiger partial charge in [-0.2, -0.15) is 13.2 Å². The number of carbonyl (C=O) groups excluding carboxylic acids is 2. The SMILES string of the molecule is C=CCN(CC=C)C1CC(NC(=O)Oc2cncnc2)(C(=O)NCc2ccc(Oc3ccc(OC)cc3C(F)(F)F)cc2)C1. The number of nitrogens with one attached hydrogen (secondary N) is 2. The number of nitrogens with zero attached hydrogens (tertiary/aromatic N) is 3. The summed E-state index contributed by atoms with van der Waals surface area (Å²) in [6.07, 6.45) is 2.62. The van der Waals surface area contributed by atoms with E-state index in [2.05, 4.69) is 38.7 Å². The molecule has 0 radical (unpaired) electrons. The average molecular weight is 612 g/mol. The Labute approximate surface area is 252 Å². The number of aromatic nitrogens is 2. The number of ether oxygens (including phenoxy) is 3. The number of hydrogen-bond acceptors (Lipinski definition) is 8. The standard InChI is InChI=1S/C31H32F3N5O5/c1-4-12-39(13-5-2)22-15-30(16-22,38-29(41)44-25-18-35-20-36-19-25)28(40)37-17-21-6-8-23(9-7-21)43-27-11-10-24(42-3)14-26(27)31(32,33)34/h4-11,14,18-20,22H,1-2,12-13,15-17H2,3H3,(H,37,40)(H,38,41). The molecule has 0 atom stereocenters. The van der Waals surface area contributed by atoms with Gasteiger partial charge in [-0.15, -0.1) is 13.2 Å². The van der Waals surface area contributed by atoms with Gasteiger partial charge in [0.15, 0.2) is 5.75 Å². The van der Waals surface area contributed by atoms with E-state index in [-0.39, 0.29) is 35.6 Å². The van der Waals surface area contributed by atoms with E-state index >= 15 is 0 Å². The molecule has 1 aliphatic carbocycles. The van der Waals surface area contributed by atoms with E-state index in [4.69, 9.17) is 14.2 Å². The third-order valence-electron chi connectivity index (χ3n) is 7.03. The first-order valence-electron chi connectivity index (χ1n) is 13.6. The van der Waals surface area contributed by atoms with Crippen molar-refractivity contribution in [2.75, 3.05) is 20.2 Å². The molecule has 13 heteroatoms. The van der Waals surface area contributed by atoms with Crippen molar-refractivity contribution in [3.63, 3.8) is 0 Å². The van der Waals surface area contributed by atoms with Crippen LogP contribution in [0.1, 0.15) is 24.0 Å². The number of halogens is 3. The Bertz CT molecular complexity index is 1450. The molecule has 3 aromatic rings. The van der Waals surface area contributed by atoms with Gasteiger partial charge in [-0.3, -0.25) is 9.69 Å². The molecule has 4 rings (SSSR count). The third-order valence-corrected chi connectivity index (χ3v) is 7.03. The Balaban J connectivity index is 1.42. The van der Waals surface area contributed by atoms with Crippen molar-refractivity contribution in [3.8, 4) is 23.0 Å². The highest BCUT2D eigenvalue weighted by molar-refractivity contribution is 5.91. The Morgan fingerprint density at radius 3 is 2.25 bits per heavy atom. The molecule has 0 bridgehead atoms. The third kappa shape index (κ3) is 7.92. The first kappa shape index (κ1) is 32.0. The second kappa shape index (κ2) is 14.0. The molecule has 0 saturated heterocycles. The Morgan fingerprint density at radius 2 is 1.66 bits per heavy atom. The van der Waals surface area contributed by atoms with Crippen LogP contribution in [0, 0.1) is 0 Å². The van der Waals surface area contributed by atoms with E-state index in [9.17, 15) is 22.8 Å². The molecular formula is C31H32F3N5O5. The highest BCUT2D eigenvalue weighted by atomic mass is 19.4. The van der Waals surface area contributed by atoms with Crippen LogP contribution in [0.5, 0.6) is 23.0 Å². The smallest absolute Gasteiger partial charge is 0.420 e. The van der Waals surface area contributed by atoms with E-state index in [1.807, 2.05) is 0 Å². The van der Waals surface area contributed by atoms with Gasteiger partial charge in [-0.05, 0) is 48.7 Å². The van der Waals surface area contributed by atoms with Gasteiger partial charge in [-0.25, -0.2) is 14.8 Å². The number of hydrogen-bond donors (Lipinski definition) is 2. The second-order valence-corrected chi connectivity index (χ2v) is 10.1. The molecule has 1 aliphatic rings. The molecule has 2 amide bonds. The van der Waals surface area contributed by atoms with Gasteiger partial charge in [-0.1, -0.05) is 24.3 Å². The Hall–Kier alpha value is -4.91. The predicted molar refractivity (Wildman–Crippen MR) is 155 cm³/mol. The maximum absolute atomic E-state index is 13.5. The van der Waals surface area contributed by atoms with Crippen molar-refractivity contribution in [2.24, 2.45) is 0 Å². The molecule has 44 heavy (non-hydrogen) atoms. The van der Waals surface area contributed by atoms with Crippen LogP contribution in [0.4, 0.5) is 18.0 Å². The number of methoxy groups -OCH3 is 1. The average Bonchev–Trinajstić information content (AvgIpc) is 2.98. The van der Waals surface area contributed by atoms with E-state index in [0.717, 1.165) is 6.07 Å². The van der Waals surface area contributed by atoms with Crippen molar-refractivity contribution >= 4 is 12.0 Å². The summed E-state index contributed by atoms with van der Waals surface area (Å²) in [4.78, 5) is 35.9. The van der Waals surface area contributed by atoms with Crippen LogP contribution in [0.2, 0.25) is 0 Å². The van der Waals surface area contributed by atoms with E-state index < -0.39 is 29.3 Å². The van der Waals surface area contributed by atoms with Gasteiger partial charge in [0.1, 0.15) is 34.7 Å². The van der Waals surface area contributed by atoms with Gasteiger partial charge in [0.2, 0.25) is 5.91 Å². The fourth-order valence-electron chi connectivity index (χ4n) is 4.82. The van der Waals surface area contributed by atoms with Crippen LogP contribution in [0.25, 0.3) is 0 Å². The minimum atomic E-state index is -4.64. The molecule has 0 aliphatic heterocycles. The second-order valence-electron chi connectivity index (χ2n) is 10.1. The lowest BCUT2D eigenvalue weighted by Gasteiger charge is -2.50. The monoisotopic (exact) mass is 611 g/mol. The number of carbonyl (C=O) groups is 2. The van der Waals surface area contributed by atoms with Crippen molar-refractivity contribution in [3.05, 3.63) is 97.6 Å². The number of benzene rings is 2. The zero-order chi connectivity index (χ0) is 31.7. The summed E-state index contributed by atoms with van der Waals surface area (Å²) in [5.74, 6) is -0.441. The summed E-state index contributed by atoms with van der Waals surface area (Å²) in [7, 11) is 1.28. The minimum absolute atomic E-state index is 0.0203. The molecule has 2 N–H and O–H groups in total. The summed E-state index contributed by atoms with van der Waals surface area (Å²) in [5, 5.41) is 5.57. The summed E-state index contributed by atoms with van der Waals surface area (Å²) in [6, 6.07) is 9.66. The molecule has 1 fully saturated rings. The largest absolute Gasteiger partial charge is 0.497 e. The number of rotatable bonds is 13. The molecular weight excluding hydrogens is 579 g/mol. The van der Waals surface area contributed by atoms with Gasteiger partial charge in [0.25, 0.3) is 0 Å². The number of amides is 2. The van der Waals surface area contributed by atoms with E-state index in [0.29, 0.717) is 31.5 Å². The zero-order valence-electron chi connectivity index (χ0n) is 24.0. The lowest BCUT2D eigenvalue weighted by molar-refractivity contribution is -0.138. The van der Waals surface area contributed by atoms with Gasteiger partial charge < -0.3 is 24.8 Å². The molecule has 10 nitrogen and oxygen atoms in total. The quantitative estimate of drug-likeness (QED) is 0.251. The maximum atomic E-state index is 13.5. The first-order valence-corrected chi connectivity index (χ1v) is 13.6. The normalized spacial score (nSPS) is 17.6. The summed E-state index contributed by atoms with van der Waals surface area (Å²) in [5.41, 5.74) is -1.56. The van der Waals surface area contributed by atoms with Crippen LogP contribution >= 0.6 is 0 Å². The van der Waals surface area contributed by atoms with E-state index in [1.165, 1.54) is 50.1 Å². The summed E-state index contributed by atoms with van der Waals surface area (Å²) in [6.45, 7) is 8.82. The molecule has 0 unspecified atom stereocenters. The topological polar surface area (TPSA) is 115 Å². The van der Waals surface area contributed by atoms with Crippen molar-refractivity contribution in [2.45, 2.75) is 37.1 Å². The van der Waals surface area contributed by atoms with Crippen molar-refractivity contribution < 1.29 is 37.0 Å². The molecule has 1 heterocycles. The Kier molecular flexibility index (Phi) is 10.2. The highest BCUT2D eigenvalue weighted by Crippen LogP contribution is 2.40. The van der Waals surface area contributed by atoms with E-state index in [1.54, 1.807) is 24.3 Å². The van der Waals surface area contributed by atoms with Crippen LogP contribution in [-0.2, 0) is 17.5 Å². The van der Waals surface area contributed by atoms with Gasteiger partial charge >= 0.3 is 12.3 Å². The Morgan fingerprint density at radius 1 is 1.02 bits per heavy atom. The highest BCUT2D eigenvalue weighted by Gasteiger charge is 2.53. The van der Waals surface area contributed by atoms with Crippen LogP contribution in [0.15, 0.2) is 86.5 Å². The fraction of sp³-hybridized carbons (Fsp3) is 0.290. The van der Waals surface area contributed by atoms with Gasteiger partial charge in [0, 0.05) is 25.7 Å². The maximum Gasteiger partial charge on any atom is 0.420 e. The summed E-state index contributed by atoms with van der Waals surface area (Å²) < 4.78 is 56.3. The lowest BCUT2D eigenvalue weighted by Crippen LogP contribution is -2.70. The lowest BCUT2D eigenvalue weighted by atomic mass is 9.71. The number of alkyl halides is 3. The van der Waals surface area contributed by atoms with Crippen molar-refractivity contribution in [1.29, 1.82) is 0 Å². The van der Waals surface area contributed by atoms with Crippen LogP contribution in [-0.4, -0.2) is 58.6 Å². The molecule has 232 valence electrons. The van der Waals surface area contributed by atoms with Gasteiger partial charge in [0.05, 0.1) is 19.5 Å². The minimum Gasteiger partial charge on any atom is -0.497 e. The van der Waals surface area contributed by atoms with Crippen molar-refractivity contribution in [1.82, 2.24) is 25.5 Å². The summed E-state index contributed by atoms with van der Waals surface area (Å²) >= 11 is 0. The molecule has 1 saturated carbocycles. The van der Waals surface area contributed by atoms with Crippen LogP contribution in [0.3, 0.4) is 0 Å². The van der Waals surface area contributed by atoms with Crippen LogP contribution < -0.4 is 24.8 Å². The predicted octanol–water partition coefficient (Wildman–Crippen LogP) is 5.28.